The van der Waals surface area contributed by atoms with E-state index in [-0.39, 0.29) is 29.6 Å². The number of nitrogens with zero attached hydrogens (tertiary/aromatic N) is 2. The number of aliphatic hydroxyl groups excluding tert-OH is 1. The molecule has 4 aliphatic rings. The average Bonchev–Trinajstić information content (AvgIpc) is 3.30. The van der Waals surface area contributed by atoms with Gasteiger partial charge in [-0.15, -0.1) is 11.8 Å². The van der Waals surface area contributed by atoms with Crippen molar-refractivity contribution in [2.45, 2.75) is 55.2 Å². The quantitative estimate of drug-likeness (QED) is 0.448. The molecule has 2 fully saturated rings. The molecule has 7 nitrogen and oxygen atoms in total. The zero-order valence-corrected chi connectivity index (χ0v) is 22.7. The van der Waals surface area contributed by atoms with Gasteiger partial charge in [-0.1, -0.05) is 68.3 Å². The summed E-state index contributed by atoms with van der Waals surface area (Å²) in [6, 6.07) is 5.71. The van der Waals surface area contributed by atoms with Crippen molar-refractivity contribution in [1.82, 2.24) is 4.90 Å². The number of benzene rings is 1. The number of carbonyl (C=O) groups is 3. The van der Waals surface area contributed by atoms with E-state index in [4.69, 9.17) is 16.3 Å². The first-order valence-electron chi connectivity index (χ1n) is 13.0. The van der Waals surface area contributed by atoms with Gasteiger partial charge in [0.2, 0.25) is 5.91 Å². The molecule has 5 rings (SSSR count). The van der Waals surface area contributed by atoms with Crippen LogP contribution in [0.15, 0.2) is 48.6 Å². The van der Waals surface area contributed by atoms with Gasteiger partial charge in [0, 0.05) is 11.8 Å². The number of anilines is 1. The minimum atomic E-state index is -0.969. The number of fused-ring (bicyclic) bond motifs is 2. The molecule has 1 aromatic carbocycles. The summed E-state index contributed by atoms with van der Waals surface area (Å²) in [6.07, 6.45) is 10.2. The van der Waals surface area contributed by atoms with E-state index < -0.39 is 34.6 Å². The summed E-state index contributed by atoms with van der Waals surface area (Å²) < 4.78 is 4.65. The second kappa shape index (κ2) is 10.5. The summed E-state index contributed by atoms with van der Waals surface area (Å²) in [4.78, 5) is 45.4. The Labute approximate surface area is 226 Å². The van der Waals surface area contributed by atoms with E-state index in [1.165, 1.54) is 11.8 Å². The van der Waals surface area contributed by atoms with Crippen molar-refractivity contribution in [1.29, 1.82) is 0 Å². The fourth-order valence-electron chi connectivity index (χ4n) is 6.25. The molecule has 1 spiro atoms. The molecule has 0 bridgehead atoms. The summed E-state index contributed by atoms with van der Waals surface area (Å²) in [7, 11) is 0. The molecule has 2 amide bonds. The molecule has 7 atom stereocenters. The van der Waals surface area contributed by atoms with E-state index in [9.17, 15) is 19.5 Å². The highest BCUT2D eigenvalue weighted by Crippen LogP contribution is 2.61. The molecule has 9 heteroatoms. The molecule has 1 aromatic rings. The smallest absolute Gasteiger partial charge is 0.311 e. The Morgan fingerprint density at radius 2 is 2.00 bits per heavy atom. The third kappa shape index (κ3) is 4.21. The number of allylic oxidation sites excluding steroid dienone is 1. The van der Waals surface area contributed by atoms with Crippen LogP contribution in [-0.4, -0.2) is 69.6 Å². The Hall–Kier alpha value is -2.29. The standard InChI is InChI=1S/C28H33ClN2O5S/c1-3-17(2)20(16-32)31-24-26(34)30(19-11-7-6-10-18(19)29)14-9-13-28(24)23(25(31)33)22-21(37-28)12-5-4-8-15-36-27(22)35/h5-7,9-13,17,20-24,32H,3-4,8,14-16H2,1-2H3/b12-5-/t17-,20-,21+,22-,23-,24?,28-/m0/s1. The van der Waals surface area contributed by atoms with Gasteiger partial charge in [-0.25, -0.2) is 0 Å². The molecule has 0 aromatic heterocycles. The molecule has 1 N–H and O–H groups in total. The van der Waals surface area contributed by atoms with E-state index >= 15 is 0 Å². The Morgan fingerprint density at radius 3 is 2.73 bits per heavy atom. The van der Waals surface area contributed by atoms with Crippen molar-refractivity contribution in [3.8, 4) is 0 Å². The number of hydrogen-bond acceptors (Lipinski definition) is 6. The van der Waals surface area contributed by atoms with Crippen LogP contribution in [0.25, 0.3) is 0 Å². The van der Waals surface area contributed by atoms with E-state index in [1.807, 2.05) is 44.2 Å². The van der Waals surface area contributed by atoms with E-state index in [0.717, 1.165) is 19.3 Å². The van der Waals surface area contributed by atoms with Crippen molar-refractivity contribution in [2.24, 2.45) is 17.8 Å². The van der Waals surface area contributed by atoms with E-state index in [2.05, 4.69) is 6.08 Å². The van der Waals surface area contributed by atoms with Gasteiger partial charge >= 0.3 is 5.97 Å². The fourth-order valence-corrected chi connectivity index (χ4v) is 8.48. The van der Waals surface area contributed by atoms with Gasteiger partial charge < -0.3 is 19.6 Å². The minimum Gasteiger partial charge on any atom is -0.465 e. The highest BCUT2D eigenvalue weighted by Gasteiger charge is 2.72. The van der Waals surface area contributed by atoms with Crippen LogP contribution in [0.3, 0.4) is 0 Å². The van der Waals surface area contributed by atoms with Crippen molar-refractivity contribution in [2.75, 3.05) is 24.7 Å². The second-order valence-corrected chi connectivity index (χ2v) is 12.2. The van der Waals surface area contributed by atoms with Crippen LogP contribution < -0.4 is 4.90 Å². The van der Waals surface area contributed by atoms with Gasteiger partial charge in [-0.2, -0.15) is 0 Å². The number of para-hydroxylation sites is 1. The molecule has 198 valence electrons. The topological polar surface area (TPSA) is 87.2 Å². The first-order chi connectivity index (χ1) is 17.9. The summed E-state index contributed by atoms with van der Waals surface area (Å²) in [6.45, 7) is 4.30. The number of aliphatic hydroxyl groups is 1. The van der Waals surface area contributed by atoms with Gasteiger partial charge in [0.1, 0.15) is 6.04 Å². The number of thioether (sulfide) groups is 1. The number of rotatable bonds is 5. The Bertz CT molecular complexity index is 1140. The fraction of sp³-hybridized carbons (Fsp3) is 0.536. The van der Waals surface area contributed by atoms with Crippen LogP contribution >= 0.6 is 23.4 Å². The molecule has 4 aliphatic heterocycles. The van der Waals surface area contributed by atoms with Crippen LogP contribution in [0, 0.1) is 17.8 Å². The van der Waals surface area contributed by atoms with Crippen LogP contribution in [-0.2, 0) is 19.1 Å². The second-order valence-electron chi connectivity index (χ2n) is 10.3. The lowest BCUT2D eigenvalue weighted by Crippen LogP contribution is -2.58. The largest absolute Gasteiger partial charge is 0.465 e. The number of amides is 2. The van der Waals surface area contributed by atoms with Crippen molar-refractivity contribution < 1.29 is 24.2 Å². The van der Waals surface area contributed by atoms with Gasteiger partial charge in [-0.3, -0.25) is 14.4 Å². The number of likely N-dealkylation sites (tertiary alicyclic amines) is 1. The predicted octanol–water partition coefficient (Wildman–Crippen LogP) is 3.84. The third-order valence-electron chi connectivity index (χ3n) is 8.28. The maximum absolute atomic E-state index is 14.5. The number of carbonyl (C=O) groups excluding carboxylic acids is 3. The lowest BCUT2D eigenvalue weighted by molar-refractivity contribution is -0.153. The molecule has 37 heavy (non-hydrogen) atoms. The van der Waals surface area contributed by atoms with Crippen LogP contribution in [0.1, 0.15) is 33.1 Å². The molecular weight excluding hydrogens is 512 g/mol. The molecule has 1 unspecified atom stereocenters. The SMILES string of the molecule is CC[C@H](C)[C@H](CO)N1C(=O)[C@@H]2[C@H]3C(=O)OCCC/C=C\[C@H]3S[C@@]23C=CCN(c2ccccc2Cl)C(=O)C13. The number of hydrogen-bond donors (Lipinski definition) is 1. The summed E-state index contributed by atoms with van der Waals surface area (Å²) in [5, 5.41) is 10.6. The zero-order valence-electron chi connectivity index (χ0n) is 21.1. The summed E-state index contributed by atoms with van der Waals surface area (Å²) in [5.41, 5.74) is 0.570. The lowest BCUT2D eigenvalue weighted by atomic mass is 9.78. The minimum absolute atomic E-state index is 0.0493. The molecule has 2 saturated heterocycles. The zero-order chi connectivity index (χ0) is 26.3. The van der Waals surface area contributed by atoms with Gasteiger partial charge in [0.15, 0.2) is 0 Å². The van der Waals surface area contributed by atoms with Gasteiger partial charge in [-0.05, 0) is 30.9 Å². The Morgan fingerprint density at radius 1 is 1.22 bits per heavy atom. The van der Waals surface area contributed by atoms with E-state index in [1.54, 1.807) is 21.9 Å². The number of ether oxygens (including phenoxy) is 1. The van der Waals surface area contributed by atoms with Crippen LogP contribution in [0.4, 0.5) is 5.69 Å². The maximum Gasteiger partial charge on any atom is 0.311 e. The summed E-state index contributed by atoms with van der Waals surface area (Å²) >= 11 is 8.02. The molecular formula is C28H33ClN2O5S. The first-order valence-corrected chi connectivity index (χ1v) is 14.3. The molecule has 0 radical (unpaired) electrons. The molecule has 0 aliphatic carbocycles. The van der Waals surface area contributed by atoms with Crippen molar-refractivity contribution in [3.63, 3.8) is 0 Å². The lowest BCUT2D eigenvalue weighted by Gasteiger charge is -2.40. The normalized spacial score (nSPS) is 33.9. The highest BCUT2D eigenvalue weighted by molar-refractivity contribution is 8.02. The summed E-state index contributed by atoms with van der Waals surface area (Å²) in [5.74, 6) is -2.45. The highest BCUT2D eigenvalue weighted by atomic mass is 35.5. The predicted molar refractivity (Wildman–Crippen MR) is 144 cm³/mol. The monoisotopic (exact) mass is 544 g/mol. The maximum atomic E-state index is 14.5. The first kappa shape index (κ1) is 26.3. The Balaban J connectivity index is 1.67. The third-order valence-corrected chi connectivity index (χ3v) is 10.3. The van der Waals surface area contributed by atoms with Crippen LogP contribution in [0.5, 0.6) is 0 Å². The van der Waals surface area contributed by atoms with Gasteiger partial charge in [0.25, 0.3) is 5.91 Å². The average molecular weight is 545 g/mol. The molecule has 4 heterocycles. The number of halogens is 1. The van der Waals surface area contributed by atoms with Crippen LogP contribution in [0.2, 0.25) is 5.02 Å². The molecule has 0 saturated carbocycles. The van der Waals surface area contributed by atoms with Crippen molar-refractivity contribution in [3.05, 3.63) is 53.6 Å². The number of cyclic esters (lactones) is 1. The van der Waals surface area contributed by atoms with E-state index in [0.29, 0.717) is 23.9 Å². The van der Waals surface area contributed by atoms with Crippen molar-refractivity contribution >= 4 is 46.8 Å². The Kier molecular flexibility index (Phi) is 7.44. The number of esters is 1. The van der Waals surface area contributed by atoms with Gasteiger partial charge in [0.05, 0.1) is 46.5 Å².